The molecule has 0 radical (unpaired) electrons. The van der Waals surface area contributed by atoms with E-state index in [1.807, 2.05) is 32.0 Å². The number of carbonyl (C=O) groups is 1. The van der Waals surface area contributed by atoms with E-state index < -0.39 is 0 Å². The molecule has 1 aromatic heterocycles. The summed E-state index contributed by atoms with van der Waals surface area (Å²) in [5.41, 5.74) is 4.21. The van der Waals surface area contributed by atoms with Crippen LogP contribution in [0.4, 0.5) is 0 Å². The fourth-order valence-corrected chi connectivity index (χ4v) is 4.14. The van der Waals surface area contributed by atoms with E-state index in [2.05, 4.69) is 26.4 Å². The van der Waals surface area contributed by atoms with E-state index in [9.17, 15) is 10.1 Å². The Labute approximate surface area is 204 Å². The van der Waals surface area contributed by atoms with Gasteiger partial charge < -0.3 is 19.7 Å². The van der Waals surface area contributed by atoms with Gasteiger partial charge in [0.25, 0.3) is 5.89 Å². The molecule has 0 saturated carbocycles. The van der Waals surface area contributed by atoms with Crippen molar-refractivity contribution < 1.29 is 19.2 Å². The van der Waals surface area contributed by atoms with Gasteiger partial charge >= 0.3 is 0 Å². The van der Waals surface area contributed by atoms with Crippen LogP contribution in [0.1, 0.15) is 37.5 Å². The zero-order valence-corrected chi connectivity index (χ0v) is 20.1. The summed E-state index contributed by atoms with van der Waals surface area (Å²) in [4.78, 5) is 18.9. The van der Waals surface area contributed by atoms with Gasteiger partial charge in [-0.05, 0) is 56.5 Å². The maximum atomic E-state index is 12.2. The lowest BCUT2D eigenvalue weighted by Crippen LogP contribution is -2.43. The monoisotopic (exact) mass is 475 g/mol. The highest BCUT2D eigenvalue weighted by molar-refractivity contribution is 5.78. The molecule has 9 heteroatoms. The SMILES string of the molecule is CC(CO)NC(=O)CN1CCc2c(cccc2-c2noc(-c3ccc(OC(C)C)c(C#N)c3)n2)C1. The number of nitrogens with zero attached hydrogens (tertiary/aromatic N) is 4. The van der Waals surface area contributed by atoms with Crippen molar-refractivity contribution in [2.24, 2.45) is 0 Å². The Morgan fingerprint density at radius 1 is 1.31 bits per heavy atom. The van der Waals surface area contributed by atoms with Gasteiger partial charge in [-0.15, -0.1) is 0 Å². The molecule has 3 aromatic rings. The predicted molar refractivity (Wildman–Crippen MR) is 129 cm³/mol. The molecule has 0 fully saturated rings. The average Bonchev–Trinajstić information content (AvgIpc) is 3.33. The normalized spacial score (nSPS) is 14.3. The minimum Gasteiger partial charge on any atom is -0.490 e. The highest BCUT2D eigenvalue weighted by Crippen LogP contribution is 2.31. The second kappa shape index (κ2) is 10.7. The van der Waals surface area contributed by atoms with Gasteiger partial charge in [-0.1, -0.05) is 23.4 Å². The number of fused-ring (bicyclic) bond motifs is 1. The largest absolute Gasteiger partial charge is 0.490 e. The number of aliphatic hydroxyl groups excluding tert-OH is 1. The van der Waals surface area contributed by atoms with Gasteiger partial charge in [0.15, 0.2) is 0 Å². The van der Waals surface area contributed by atoms with Gasteiger partial charge in [-0.2, -0.15) is 10.2 Å². The molecule has 1 atom stereocenters. The van der Waals surface area contributed by atoms with Crippen LogP contribution in [0, 0.1) is 11.3 Å². The molecular formula is C26H29N5O4. The summed E-state index contributed by atoms with van der Waals surface area (Å²) < 4.78 is 11.2. The summed E-state index contributed by atoms with van der Waals surface area (Å²) in [5, 5.41) is 25.6. The molecule has 35 heavy (non-hydrogen) atoms. The molecule has 0 saturated heterocycles. The minimum absolute atomic E-state index is 0.0402. The fraction of sp³-hybridized carbons (Fsp3) is 0.385. The first-order valence-electron chi connectivity index (χ1n) is 11.7. The number of rotatable bonds is 8. The van der Waals surface area contributed by atoms with Crippen LogP contribution in [-0.4, -0.2) is 57.9 Å². The maximum absolute atomic E-state index is 12.2. The minimum atomic E-state index is -0.262. The third kappa shape index (κ3) is 5.67. The molecule has 0 spiro atoms. The van der Waals surface area contributed by atoms with E-state index in [-0.39, 0.29) is 31.2 Å². The highest BCUT2D eigenvalue weighted by Gasteiger charge is 2.23. The second-order valence-corrected chi connectivity index (χ2v) is 8.97. The number of hydrogen-bond acceptors (Lipinski definition) is 8. The smallest absolute Gasteiger partial charge is 0.258 e. The van der Waals surface area contributed by atoms with Crippen LogP contribution in [0.3, 0.4) is 0 Å². The number of aromatic nitrogens is 2. The van der Waals surface area contributed by atoms with Crippen LogP contribution >= 0.6 is 0 Å². The third-order valence-electron chi connectivity index (χ3n) is 5.77. The summed E-state index contributed by atoms with van der Waals surface area (Å²) in [7, 11) is 0. The Balaban J connectivity index is 1.52. The second-order valence-electron chi connectivity index (χ2n) is 8.97. The Kier molecular flexibility index (Phi) is 7.44. The molecule has 0 bridgehead atoms. The molecule has 1 aliphatic heterocycles. The molecule has 1 unspecified atom stereocenters. The van der Waals surface area contributed by atoms with Crippen LogP contribution in [0.5, 0.6) is 5.75 Å². The third-order valence-corrected chi connectivity index (χ3v) is 5.77. The van der Waals surface area contributed by atoms with Crippen molar-refractivity contribution in [3.05, 3.63) is 53.1 Å². The molecule has 0 aliphatic carbocycles. The molecule has 2 N–H and O–H groups in total. The average molecular weight is 476 g/mol. The number of aliphatic hydroxyl groups is 1. The van der Waals surface area contributed by atoms with Gasteiger partial charge in [-0.25, -0.2) is 0 Å². The maximum Gasteiger partial charge on any atom is 0.258 e. The van der Waals surface area contributed by atoms with E-state index in [1.165, 1.54) is 0 Å². The first-order valence-corrected chi connectivity index (χ1v) is 11.7. The standard InChI is InChI=1S/C26H29N5O4/c1-16(2)34-23-8-7-18(11-20(23)12-27)26-29-25(30-35-26)22-6-4-5-19-13-31(10-9-21(19)22)14-24(33)28-17(3)15-32/h4-8,11,16-17,32H,9-10,13-15H2,1-3H3,(H,28,33). The zero-order valence-electron chi connectivity index (χ0n) is 20.1. The van der Waals surface area contributed by atoms with Gasteiger partial charge in [0.05, 0.1) is 24.8 Å². The van der Waals surface area contributed by atoms with Crippen LogP contribution in [0.25, 0.3) is 22.8 Å². The van der Waals surface area contributed by atoms with E-state index in [0.717, 1.165) is 29.7 Å². The van der Waals surface area contributed by atoms with Gasteiger partial charge in [0.1, 0.15) is 11.8 Å². The molecule has 182 valence electrons. The molecule has 2 aromatic carbocycles. The fourth-order valence-electron chi connectivity index (χ4n) is 4.14. The Bertz CT molecular complexity index is 1250. The van der Waals surface area contributed by atoms with Crippen LogP contribution in [0.2, 0.25) is 0 Å². The highest BCUT2D eigenvalue weighted by atomic mass is 16.5. The lowest BCUT2D eigenvalue weighted by molar-refractivity contribution is -0.123. The quantitative estimate of drug-likeness (QED) is 0.510. The summed E-state index contributed by atoms with van der Waals surface area (Å²) >= 11 is 0. The summed E-state index contributed by atoms with van der Waals surface area (Å²) in [5.74, 6) is 1.24. The topological polar surface area (TPSA) is 125 Å². The first-order chi connectivity index (χ1) is 16.9. The summed E-state index contributed by atoms with van der Waals surface area (Å²) in [6.45, 7) is 7.13. The van der Waals surface area contributed by atoms with Crippen molar-refractivity contribution in [1.29, 1.82) is 5.26 Å². The molecule has 1 aliphatic rings. The van der Waals surface area contributed by atoms with E-state index in [0.29, 0.717) is 35.1 Å². The molecule has 9 nitrogen and oxygen atoms in total. The van der Waals surface area contributed by atoms with Crippen molar-refractivity contribution in [2.75, 3.05) is 19.7 Å². The molecule has 1 amide bonds. The number of nitrogens with one attached hydrogen (secondary N) is 1. The summed E-state index contributed by atoms with van der Waals surface area (Å²) in [6, 6.07) is 13.1. The number of benzene rings is 2. The van der Waals surface area contributed by atoms with Crippen LogP contribution in [-0.2, 0) is 17.8 Å². The number of ether oxygens (including phenoxy) is 1. The zero-order chi connectivity index (χ0) is 24.9. The number of amides is 1. The van der Waals surface area contributed by atoms with Crippen molar-refractivity contribution in [3.63, 3.8) is 0 Å². The van der Waals surface area contributed by atoms with Crippen molar-refractivity contribution in [2.45, 2.75) is 45.9 Å². The molecular weight excluding hydrogens is 446 g/mol. The van der Waals surface area contributed by atoms with Gasteiger partial charge in [0.2, 0.25) is 11.7 Å². The predicted octanol–water partition coefficient (Wildman–Crippen LogP) is 2.92. The number of carbonyl (C=O) groups excluding carboxylic acids is 1. The van der Waals surface area contributed by atoms with Crippen molar-refractivity contribution in [3.8, 4) is 34.7 Å². The van der Waals surface area contributed by atoms with Crippen molar-refractivity contribution >= 4 is 5.91 Å². The molecule has 2 heterocycles. The van der Waals surface area contributed by atoms with Crippen molar-refractivity contribution in [1.82, 2.24) is 20.4 Å². The number of hydrogen-bond donors (Lipinski definition) is 2. The van der Waals surface area contributed by atoms with E-state index >= 15 is 0 Å². The molecule has 4 rings (SSSR count). The Morgan fingerprint density at radius 3 is 2.89 bits per heavy atom. The van der Waals surface area contributed by atoms with E-state index in [4.69, 9.17) is 14.4 Å². The van der Waals surface area contributed by atoms with Gasteiger partial charge in [-0.3, -0.25) is 9.69 Å². The lowest BCUT2D eigenvalue weighted by Gasteiger charge is -2.29. The Morgan fingerprint density at radius 2 is 2.14 bits per heavy atom. The Hall–Kier alpha value is -3.74. The van der Waals surface area contributed by atoms with Crippen LogP contribution in [0.15, 0.2) is 40.9 Å². The lowest BCUT2D eigenvalue weighted by atomic mass is 9.94. The van der Waals surface area contributed by atoms with Gasteiger partial charge in [0, 0.05) is 30.3 Å². The van der Waals surface area contributed by atoms with Crippen LogP contribution < -0.4 is 10.1 Å². The number of nitriles is 1. The first kappa shape index (κ1) is 24.4. The van der Waals surface area contributed by atoms with E-state index in [1.54, 1.807) is 25.1 Å². The summed E-state index contributed by atoms with van der Waals surface area (Å²) in [6.07, 6.45) is 0.708.